The van der Waals surface area contributed by atoms with E-state index < -0.39 is 0 Å². The molecule has 0 aliphatic heterocycles. The van der Waals surface area contributed by atoms with Crippen molar-refractivity contribution in [1.29, 1.82) is 0 Å². The summed E-state index contributed by atoms with van der Waals surface area (Å²) in [5, 5.41) is 9.04. The quantitative estimate of drug-likeness (QED) is 0.688. The minimum atomic E-state index is -0.0753. The lowest BCUT2D eigenvalue weighted by Gasteiger charge is -2.48. The van der Waals surface area contributed by atoms with Crippen LogP contribution in [0.5, 0.6) is 0 Å². The van der Waals surface area contributed by atoms with Crippen molar-refractivity contribution in [2.45, 2.75) is 37.5 Å². The van der Waals surface area contributed by atoms with E-state index in [1.54, 1.807) is 0 Å². The highest BCUT2D eigenvalue weighted by molar-refractivity contribution is 5.48. The lowest BCUT2D eigenvalue weighted by Crippen LogP contribution is -2.47. The molecule has 0 spiro atoms. The number of hydrogen-bond donors (Lipinski definition) is 0. The number of benzene rings is 1. The predicted molar refractivity (Wildman–Crippen MR) is 90.9 cm³/mol. The molecule has 2 aliphatic rings. The first-order valence-corrected chi connectivity index (χ1v) is 8.72. The van der Waals surface area contributed by atoms with Gasteiger partial charge in [-0.25, -0.2) is 0 Å². The Hall–Kier alpha value is -2.36. The van der Waals surface area contributed by atoms with E-state index in [4.69, 9.17) is 9.62 Å². The molecule has 3 aromatic rings. The Morgan fingerprint density at radius 3 is 2.88 bits per heavy atom. The van der Waals surface area contributed by atoms with Crippen molar-refractivity contribution in [3.8, 4) is 0 Å². The highest BCUT2D eigenvalue weighted by Crippen LogP contribution is 2.56. The maximum atomic E-state index is 5.62. The van der Waals surface area contributed by atoms with Gasteiger partial charge in [-0.3, -0.25) is 4.68 Å². The fourth-order valence-corrected chi connectivity index (χ4v) is 5.17. The van der Waals surface area contributed by atoms with Gasteiger partial charge in [0.2, 0.25) is 0 Å². The summed E-state index contributed by atoms with van der Waals surface area (Å²) >= 11 is 0. The van der Waals surface area contributed by atoms with Gasteiger partial charge in [0.15, 0.2) is 0 Å². The number of hydrogen-bond acceptors (Lipinski definition) is 3. The molecule has 4 nitrogen and oxygen atoms in total. The summed E-state index contributed by atoms with van der Waals surface area (Å²) in [4.78, 5) is 0. The maximum Gasteiger partial charge on any atom is 0.143 e. The second-order valence-electron chi connectivity index (χ2n) is 7.34. The Bertz CT molecular complexity index is 895. The zero-order valence-electron chi connectivity index (χ0n) is 14.1. The zero-order valence-corrected chi connectivity index (χ0v) is 14.1. The van der Waals surface area contributed by atoms with Gasteiger partial charge >= 0.3 is 0 Å². The van der Waals surface area contributed by atoms with Gasteiger partial charge in [-0.05, 0) is 36.3 Å². The molecule has 0 radical (unpaired) electrons. The molecular weight excluding hydrogens is 298 g/mol. The number of fused-ring (bicyclic) bond motifs is 4. The number of nitrogens with zero attached hydrogens (tertiary/aromatic N) is 3. The van der Waals surface area contributed by atoms with Crippen LogP contribution in [0, 0.1) is 5.92 Å². The Balaban J connectivity index is 1.82. The van der Waals surface area contributed by atoms with E-state index in [-0.39, 0.29) is 5.41 Å². The summed E-state index contributed by atoms with van der Waals surface area (Å²) in [5.41, 5.74) is 5.18. The van der Waals surface area contributed by atoms with Crippen molar-refractivity contribution in [1.82, 2.24) is 14.9 Å². The summed E-state index contributed by atoms with van der Waals surface area (Å²) in [6.45, 7) is 2.29. The van der Waals surface area contributed by atoms with E-state index >= 15 is 0 Å². The van der Waals surface area contributed by atoms with Gasteiger partial charge < -0.3 is 4.52 Å². The monoisotopic (exact) mass is 319 g/mol. The zero-order chi connectivity index (χ0) is 16.3. The largest absolute Gasteiger partial charge is 0.361 e. The normalized spacial score (nSPS) is 28.1. The van der Waals surface area contributed by atoms with Crippen molar-refractivity contribution < 1.29 is 4.52 Å². The fourth-order valence-electron chi connectivity index (χ4n) is 5.17. The van der Waals surface area contributed by atoms with Gasteiger partial charge in [-0.15, -0.1) is 0 Å². The summed E-state index contributed by atoms with van der Waals surface area (Å²) < 4.78 is 7.59. The fraction of sp³-hybridized carbons (Fsp3) is 0.400. The van der Waals surface area contributed by atoms with Crippen LogP contribution in [0.1, 0.15) is 47.4 Å². The van der Waals surface area contributed by atoms with Gasteiger partial charge in [-0.2, -0.15) is 5.10 Å². The van der Waals surface area contributed by atoms with Gasteiger partial charge in [0, 0.05) is 30.1 Å². The smallest absolute Gasteiger partial charge is 0.143 e. The number of aromatic nitrogens is 3. The molecule has 0 fully saturated rings. The van der Waals surface area contributed by atoms with Crippen LogP contribution >= 0.6 is 0 Å². The topological polar surface area (TPSA) is 43.9 Å². The van der Waals surface area contributed by atoms with Gasteiger partial charge in [0.1, 0.15) is 5.76 Å². The predicted octanol–water partition coefficient (Wildman–Crippen LogP) is 3.62. The average Bonchev–Trinajstić information content (AvgIpc) is 3.21. The molecule has 0 amide bonds. The SMILES string of the molecule is C[C@@H]1c2oncc2C[C@]2(c3ccccc3)c3nn(C)cc3CC[C@@H]12. The first-order valence-electron chi connectivity index (χ1n) is 8.72. The van der Waals surface area contributed by atoms with Gasteiger partial charge in [0.25, 0.3) is 0 Å². The molecule has 4 heteroatoms. The second-order valence-corrected chi connectivity index (χ2v) is 7.34. The molecule has 0 saturated heterocycles. The average molecular weight is 319 g/mol. The summed E-state index contributed by atoms with van der Waals surface area (Å²) in [7, 11) is 2.03. The standard InChI is InChI=1S/C20H21N3O/c1-13-17-9-8-14-12-23(2)22-19(14)20(17,16-6-4-3-5-7-16)10-15-11-21-24-18(13)15/h3-7,11-13,17H,8-10H2,1-2H3/t13-,17-,20+/m0/s1. The molecule has 3 atom stereocenters. The molecule has 5 rings (SSSR count). The number of rotatable bonds is 1. The van der Waals surface area contributed by atoms with E-state index in [0.29, 0.717) is 11.8 Å². The molecule has 2 heterocycles. The summed E-state index contributed by atoms with van der Waals surface area (Å²) in [6, 6.07) is 10.9. The van der Waals surface area contributed by atoms with Crippen LogP contribution in [0.4, 0.5) is 0 Å². The molecule has 24 heavy (non-hydrogen) atoms. The molecule has 2 aromatic heterocycles. The van der Waals surface area contributed by atoms with E-state index in [0.717, 1.165) is 25.0 Å². The van der Waals surface area contributed by atoms with Crippen LogP contribution in [0.15, 0.2) is 47.2 Å². The van der Waals surface area contributed by atoms with E-state index in [1.165, 1.54) is 22.4 Å². The van der Waals surface area contributed by atoms with E-state index in [1.807, 2.05) is 17.9 Å². The minimum Gasteiger partial charge on any atom is -0.361 e. The maximum absolute atomic E-state index is 5.62. The molecule has 2 aliphatic carbocycles. The highest BCUT2D eigenvalue weighted by Gasteiger charge is 2.54. The van der Waals surface area contributed by atoms with Crippen molar-refractivity contribution in [3.05, 3.63) is 70.9 Å². The molecule has 0 unspecified atom stereocenters. The van der Waals surface area contributed by atoms with Crippen molar-refractivity contribution in [3.63, 3.8) is 0 Å². The number of aryl methyl sites for hydroxylation is 2. The van der Waals surface area contributed by atoms with Gasteiger partial charge in [-0.1, -0.05) is 42.4 Å². The summed E-state index contributed by atoms with van der Waals surface area (Å²) in [5.74, 6) is 1.92. The highest BCUT2D eigenvalue weighted by atomic mass is 16.5. The summed E-state index contributed by atoms with van der Waals surface area (Å²) in [6.07, 6.45) is 7.29. The molecule has 1 aromatic carbocycles. The molecule has 0 N–H and O–H groups in total. The first-order chi connectivity index (χ1) is 11.7. The lowest BCUT2D eigenvalue weighted by molar-refractivity contribution is 0.189. The Morgan fingerprint density at radius 2 is 2.04 bits per heavy atom. The molecule has 122 valence electrons. The first kappa shape index (κ1) is 14.0. The van der Waals surface area contributed by atoms with Crippen LogP contribution in [0.25, 0.3) is 0 Å². The Kier molecular flexibility index (Phi) is 2.82. The van der Waals surface area contributed by atoms with Crippen molar-refractivity contribution in [2.75, 3.05) is 0 Å². The molecule has 0 saturated carbocycles. The second kappa shape index (κ2) is 4.82. The third-order valence-corrected chi connectivity index (χ3v) is 6.14. The Morgan fingerprint density at radius 1 is 1.21 bits per heavy atom. The minimum absolute atomic E-state index is 0.0753. The Labute approximate surface area is 141 Å². The van der Waals surface area contributed by atoms with E-state index in [2.05, 4.69) is 48.6 Å². The lowest BCUT2D eigenvalue weighted by atomic mass is 9.53. The van der Waals surface area contributed by atoms with Crippen LogP contribution in [0.2, 0.25) is 0 Å². The van der Waals surface area contributed by atoms with Crippen LogP contribution in [0.3, 0.4) is 0 Å². The van der Waals surface area contributed by atoms with E-state index in [9.17, 15) is 0 Å². The third-order valence-electron chi connectivity index (χ3n) is 6.14. The molecular formula is C20H21N3O. The van der Waals surface area contributed by atoms with Crippen LogP contribution in [-0.2, 0) is 25.3 Å². The van der Waals surface area contributed by atoms with Crippen LogP contribution in [-0.4, -0.2) is 14.9 Å². The van der Waals surface area contributed by atoms with Gasteiger partial charge in [0.05, 0.1) is 11.9 Å². The van der Waals surface area contributed by atoms with Crippen LogP contribution < -0.4 is 0 Å². The van der Waals surface area contributed by atoms with Crippen molar-refractivity contribution in [2.24, 2.45) is 13.0 Å². The van der Waals surface area contributed by atoms with Crippen molar-refractivity contribution >= 4 is 0 Å². The third kappa shape index (κ3) is 1.68. The molecule has 0 bridgehead atoms.